The van der Waals surface area contributed by atoms with E-state index in [9.17, 15) is 0 Å². The summed E-state index contributed by atoms with van der Waals surface area (Å²) >= 11 is 11.1. The van der Waals surface area contributed by atoms with Crippen LogP contribution in [0.1, 0.15) is 71.2 Å². The van der Waals surface area contributed by atoms with Gasteiger partial charge in [-0.25, -0.2) is 0 Å². The van der Waals surface area contributed by atoms with Crippen molar-refractivity contribution in [3.63, 3.8) is 0 Å². The van der Waals surface area contributed by atoms with Crippen molar-refractivity contribution in [3.05, 3.63) is 0 Å². The molecule has 8 heteroatoms. The molecule has 0 bridgehead atoms. The molecule has 0 aliphatic heterocycles. The molecular formula is C14H54As8. The van der Waals surface area contributed by atoms with Crippen molar-refractivity contribution in [2.75, 3.05) is 0 Å². The van der Waals surface area contributed by atoms with Gasteiger partial charge in [-0.15, -0.1) is 0 Å². The maximum atomic E-state index is 2.33. The summed E-state index contributed by atoms with van der Waals surface area (Å²) in [5, 5.41) is 6.01. The molecule has 0 aromatic heterocycles. The zero-order valence-electron chi connectivity index (χ0n) is 10.6. The number of hydrogen-bond donors (Lipinski definition) is 0. The molecular weight excluding hydrogens is 768 g/mol. The van der Waals surface area contributed by atoms with Crippen molar-refractivity contribution in [2.45, 2.75) is 92.1 Å². The van der Waals surface area contributed by atoms with Crippen LogP contribution in [0.15, 0.2) is 0 Å². The number of rotatable bonds is 6. The van der Waals surface area contributed by atoms with Crippen LogP contribution in [0, 0.1) is 0 Å². The van der Waals surface area contributed by atoms with E-state index in [4.69, 9.17) is 0 Å². The topological polar surface area (TPSA) is 0 Å². The van der Waals surface area contributed by atoms with Gasteiger partial charge >= 0.3 is 161 Å². The molecule has 0 heterocycles. The summed E-state index contributed by atoms with van der Waals surface area (Å²) in [6.07, 6.45) is 2.78. The zero-order chi connectivity index (χ0) is 13.2. The average molecular weight is 822 g/mol. The first-order valence-corrected chi connectivity index (χ1v) is 38.6. The first-order valence-electron chi connectivity index (χ1n) is 5.47. The Morgan fingerprint density at radius 1 is 0.818 bits per heavy atom. The Balaban J connectivity index is -0.0000000145. The van der Waals surface area contributed by atoms with Crippen molar-refractivity contribution < 1.29 is 0 Å². The average Bonchev–Trinajstić information content (AvgIpc) is 2.21. The molecule has 7 unspecified atom stereocenters. The van der Waals surface area contributed by atoms with Gasteiger partial charge in [0.2, 0.25) is 0 Å². The molecule has 22 heavy (non-hydrogen) atoms. The van der Waals surface area contributed by atoms with Crippen molar-refractivity contribution in [2.24, 2.45) is 0 Å². The molecule has 0 nitrogen and oxygen atoms in total. The first kappa shape index (κ1) is 56.3. The first-order chi connectivity index (χ1) is 7.60. The second-order valence-corrected chi connectivity index (χ2v) is 73.9. The summed E-state index contributed by atoms with van der Waals surface area (Å²) in [6, 6.07) is 0. The van der Waals surface area contributed by atoms with E-state index in [1.807, 2.05) is 48.5 Å². The molecule has 0 aromatic carbocycles. The molecule has 0 rings (SSSR count). The summed E-state index contributed by atoms with van der Waals surface area (Å²) in [7, 11) is 0.0260. The van der Waals surface area contributed by atoms with Gasteiger partial charge in [-0.1, -0.05) is 44.6 Å². The molecule has 0 spiro atoms. The maximum absolute atomic E-state index is 2.33. The molecule has 0 N–H and O–H groups in total. The Hall–Kier alpha value is 4.47. The predicted molar refractivity (Wildman–Crippen MR) is 143 cm³/mol. The van der Waals surface area contributed by atoms with Crippen LogP contribution in [-0.4, -0.2) is 114 Å². The Kier molecular flexibility index (Phi) is 163. The molecule has 0 saturated heterocycles. The van der Waals surface area contributed by atoms with E-state index in [0.29, 0.717) is 27.4 Å². The van der Waals surface area contributed by atoms with Gasteiger partial charge in [0.25, 0.3) is 0 Å². The fourth-order valence-electron chi connectivity index (χ4n) is 0.470. The van der Waals surface area contributed by atoms with Gasteiger partial charge in [0.1, 0.15) is 0 Å². The van der Waals surface area contributed by atoms with E-state index in [1.165, 1.54) is 23.3 Å². The Morgan fingerprint density at radius 3 is 1.23 bits per heavy atom. The van der Waals surface area contributed by atoms with Gasteiger partial charge in [-0.05, 0) is 0 Å². The van der Waals surface area contributed by atoms with Crippen molar-refractivity contribution in [1.82, 2.24) is 0 Å². The van der Waals surface area contributed by atoms with Crippen LogP contribution in [0.3, 0.4) is 0 Å². The normalized spacial score (nSPS) is 7.64. The van der Waals surface area contributed by atoms with Crippen LogP contribution in [0.4, 0.5) is 0 Å². The molecule has 0 amide bonds. The van der Waals surface area contributed by atoms with Gasteiger partial charge in [0.05, 0.1) is 0 Å². The molecule has 0 aromatic rings. The molecule has 0 aliphatic rings. The van der Waals surface area contributed by atoms with Gasteiger partial charge in [0.15, 0.2) is 0 Å². The van der Waals surface area contributed by atoms with Gasteiger partial charge in [0, 0.05) is 0 Å². The van der Waals surface area contributed by atoms with Crippen molar-refractivity contribution in [1.29, 1.82) is 0 Å². The zero-order valence-corrected chi connectivity index (χ0v) is 28.8. The third-order valence-corrected chi connectivity index (χ3v) is 39.1. The van der Waals surface area contributed by atoms with E-state index < -0.39 is 0 Å². The summed E-state index contributed by atoms with van der Waals surface area (Å²) in [5.74, 6) is 0. The van der Waals surface area contributed by atoms with E-state index >= 15 is 0 Å². The monoisotopic (exact) mass is 822 g/mol. The summed E-state index contributed by atoms with van der Waals surface area (Å²) in [5.41, 5.74) is 0. The summed E-state index contributed by atoms with van der Waals surface area (Å²) in [6.45, 7) is 4.56. The van der Waals surface area contributed by atoms with Crippen LogP contribution in [0.5, 0.6) is 0 Å². The summed E-state index contributed by atoms with van der Waals surface area (Å²) in [4.78, 5) is 0. The minimum atomic E-state index is 0. The van der Waals surface area contributed by atoms with Gasteiger partial charge in [-0.2, -0.15) is 0 Å². The quantitative estimate of drug-likeness (QED) is 0.354. The van der Waals surface area contributed by atoms with E-state index in [1.54, 1.807) is 10.4 Å². The van der Waals surface area contributed by atoms with Crippen molar-refractivity contribution >= 4 is 114 Å². The molecule has 0 saturated carbocycles. The summed E-state index contributed by atoms with van der Waals surface area (Å²) < 4.78 is 0. The fraction of sp³-hybridized carbons (Fsp3) is 1.00. The SMILES string of the molecule is C.C.C.C.C.C.CCCC[AsH2].CC[AsH][As]([AsH2])[AsH2].[AsH2]CC[AsH][AsH2]. The minimum absolute atomic E-state index is 0. The molecule has 150 valence electrons. The van der Waals surface area contributed by atoms with Gasteiger partial charge in [-0.3, -0.25) is 0 Å². The van der Waals surface area contributed by atoms with E-state index in [0.717, 1.165) is 0 Å². The Morgan fingerprint density at radius 2 is 1.23 bits per heavy atom. The van der Waals surface area contributed by atoms with E-state index in [2.05, 4.69) is 43.4 Å². The fourth-order valence-corrected chi connectivity index (χ4v) is 38.4. The molecule has 0 fully saturated rings. The van der Waals surface area contributed by atoms with Crippen LogP contribution in [-0.2, 0) is 0 Å². The number of hydrogen-bond acceptors (Lipinski definition) is 0. The second kappa shape index (κ2) is 63.7. The predicted octanol–water partition coefficient (Wildman–Crippen LogP) is 1.21. The molecule has 0 radical (unpaired) electrons. The standard InChI is InChI=1S/C4H11As.C2H10As4.C2H9As3.6CH4/c1-2-3-4-5;1-2-5-6(3)4;3-1-2-5-4;;;;;;/h2-5H2,1H3;5H,2-4H2,1H3;5H,1-4H2;6*1H4. The van der Waals surface area contributed by atoms with Crippen molar-refractivity contribution in [3.8, 4) is 0 Å². The van der Waals surface area contributed by atoms with Gasteiger partial charge < -0.3 is 0 Å². The third kappa shape index (κ3) is 102. The van der Waals surface area contributed by atoms with Crippen LogP contribution in [0.25, 0.3) is 0 Å². The molecule has 0 aliphatic carbocycles. The second-order valence-electron chi connectivity index (χ2n) is 2.80. The molecule has 7 atom stereocenters. The Labute approximate surface area is 202 Å². The number of unbranched alkanes of at least 4 members (excludes halogenated alkanes) is 1. The van der Waals surface area contributed by atoms with Crippen LogP contribution in [0.2, 0.25) is 20.8 Å². The third-order valence-electron chi connectivity index (χ3n) is 1.19. The Bertz CT molecular complexity index is 84.9. The van der Waals surface area contributed by atoms with E-state index in [-0.39, 0.29) is 53.0 Å². The van der Waals surface area contributed by atoms with Crippen LogP contribution < -0.4 is 0 Å². The van der Waals surface area contributed by atoms with Crippen LogP contribution >= 0.6 is 0 Å².